The van der Waals surface area contributed by atoms with Crippen molar-refractivity contribution in [3.8, 4) is 28.5 Å². The summed E-state index contributed by atoms with van der Waals surface area (Å²) in [5, 5.41) is 0. The van der Waals surface area contributed by atoms with Crippen LogP contribution in [0.1, 0.15) is 25.0 Å². The van der Waals surface area contributed by atoms with E-state index >= 15 is 0 Å². The van der Waals surface area contributed by atoms with Crippen molar-refractivity contribution >= 4 is 11.6 Å². The number of pyridine rings is 1. The smallest absolute Gasteiger partial charge is 0.237 e. The van der Waals surface area contributed by atoms with E-state index in [1.807, 2.05) is 73.3 Å². The van der Waals surface area contributed by atoms with Crippen LogP contribution in [0.4, 0.5) is 5.69 Å². The van der Waals surface area contributed by atoms with Crippen LogP contribution in [0.25, 0.3) is 22.8 Å². The van der Waals surface area contributed by atoms with Crippen LogP contribution in [-0.2, 0) is 16.8 Å². The Labute approximate surface area is 186 Å². The van der Waals surface area contributed by atoms with Gasteiger partial charge in [-0.1, -0.05) is 24.3 Å². The molecule has 0 fully saturated rings. The molecule has 6 heteroatoms. The minimum absolute atomic E-state index is 0.0779. The van der Waals surface area contributed by atoms with Crippen LogP contribution in [0.15, 0.2) is 77.6 Å². The first-order valence-electron chi connectivity index (χ1n) is 10.4. The molecule has 32 heavy (non-hydrogen) atoms. The van der Waals surface area contributed by atoms with Crippen molar-refractivity contribution in [1.29, 1.82) is 0 Å². The summed E-state index contributed by atoms with van der Waals surface area (Å²) in [6, 6.07) is 17.6. The van der Waals surface area contributed by atoms with Crippen molar-refractivity contribution < 1.29 is 13.9 Å². The number of rotatable bonds is 5. The predicted molar refractivity (Wildman–Crippen MR) is 122 cm³/mol. The number of oxazole rings is 1. The van der Waals surface area contributed by atoms with Gasteiger partial charge < -0.3 is 14.1 Å². The van der Waals surface area contributed by atoms with E-state index in [1.165, 1.54) is 0 Å². The number of amides is 1. The van der Waals surface area contributed by atoms with Crippen LogP contribution in [-0.4, -0.2) is 23.0 Å². The average molecular weight is 425 g/mol. The van der Waals surface area contributed by atoms with E-state index in [-0.39, 0.29) is 5.91 Å². The molecule has 0 saturated carbocycles. The molecule has 1 aliphatic rings. The fraction of sp³-hybridized carbons (Fsp3) is 0.192. The van der Waals surface area contributed by atoms with Gasteiger partial charge in [0.15, 0.2) is 5.76 Å². The first-order chi connectivity index (χ1) is 15.5. The van der Waals surface area contributed by atoms with Crippen molar-refractivity contribution in [2.24, 2.45) is 0 Å². The normalized spacial score (nSPS) is 14.5. The molecule has 3 heterocycles. The van der Waals surface area contributed by atoms with Crippen LogP contribution in [0.2, 0.25) is 0 Å². The van der Waals surface area contributed by atoms with E-state index in [1.54, 1.807) is 25.7 Å². The highest BCUT2D eigenvalue weighted by Crippen LogP contribution is 2.44. The zero-order valence-corrected chi connectivity index (χ0v) is 18.2. The predicted octanol–water partition coefficient (Wildman–Crippen LogP) is 5.24. The molecule has 2 aromatic carbocycles. The SMILES string of the molecule is COc1ccc(CN2C(=O)C(C)(C)c3ccc(-c4cnc(-c5cccnc5)o4)cc32)cc1. The molecule has 5 rings (SSSR count). The summed E-state index contributed by atoms with van der Waals surface area (Å²) < 4.78 is 11.3. The Kier molecular flexibility index (Phi) is 4.78. The third-order valence-corrected chi connectivity index (χ3v) is 5.94. The van der Waals surface area contributed by atoms with Gasteiger partial charge in [-0.3, -0.25) is 9.78 Å². The van der Waals surface area contributed by atoms with Crippen molar-refractivity contribution in [2.45, 2.75) is 25.8 Å². The van der Waals surface area contributed by atoms with E-state index in [4.69, 9.17) is 9.15 Å². The number of benzene rings is 2. The number of anilines is 1. The third-order valence-electron chi connectivity index (χ3n) is 5.94. The highest BCUT2D eigenvalue weighted by Gasteiger charge is 2.43. The number of carbonyl (C=O) groups is 1. The maximum atomic E-state index is 13.3. The number of carbonyl (C=O) groups excluding carboxylic acids is 1. The van der Waals surface area contributed by atoms with E-state index in [9.17, 15) is 4.79 Å². The topological polar surface area (TPSA) is 68.5 Å². The second-order valence-corrected chi connectivity index (χ2v) is 8.37. The average Bonchev–Trinajstić information content (AvgIpc) is 3.39. The van der Waals surface area contributed by atoms with Crippen LogP contribution in [0.3, 0.4) is 0 Å². The van der Waals surface area contributed by atoms with Gasteiger partial charge in [0.05, 0.1) is 30.8 Å². The molecule has 0 unspecified atom stereocenters. The quantitative estimate of drug-likeness (QED) is 0.438. The lowest BCUT2D eigenvalue weighted by atomic mass is 9.86. The molecule has 4 aromatic rings. The molecule has 0 atom stereocenters. The van der Waals surface area contributed by atoms with E-state index < -0.39 is 5.41 Å². The van der Waals surface area contributed by atoms with Gasteiger partial charge >= 0.3 is 0 Å². The molecular weight excluding hydrogens is 402 g/mol. The lowest BCUT2D eigenvalue weighted by Gasteiger charge is -2.20. The molecule has 0 bridgehead atoms. The van der Waals surface area contributed by atoms with Gasteiger partial charge in [-0.25, -0.2) is 4.98 Å². The minimum Gasteiger partial charge on any atom is -0.497 e. The maximum absolute atomic E-state index is 13.3. The summed E-state index contributed by atoms with van der Waals surface area (Å²) in [4.78, 5) is 23.7. The molecule has 0 spiro atoms. The number of methoxy groups -OCH3 is 1. The van der Waals surface area contributed by atoms with Gasteiger partial charge in [-0.2, -0.15) is 0 Å². The Morgan fingerprint density at radius 1 is 1.03 bits per heavy atom. The Hall–Kier alpha value is -3.93. The summed E-state index contributed by atoms with van der Waals surface area (Å²) in [6.07, 6.45) is 5.14. The number of hydrogen-bond donors (Lipinski definition) is 0. The summed E-state index contributed by atoms with van der Waals surface area (Å²) in [5.41, 5.74) is 4.03. The van der Waals surface area contributed by atoms with Gasteiger partial charge in [0.25, 0.3) is 0 Å². The molecule has 0 aliphatic carbocycles. The molecule has 1 aliphatic heterocycles. The van der Waals surface area contributed by atoms with Crippen molar-refractivity contribution in [1.82, 2.24) is 9.97 Å². The highest BCUT2D eigenvalue weighted by molar-refractivity contribution is 6.08. The number of aromatic nitrogens is 2. The second-order valence-electron chi connectivity index (χ2n) is 8.37. The lowest BCUT2D eigenvalue weighted by molar-refractivity contribution is -0.122. The van der Waals surface area contributed by atoms with Gasteiger partial charge in [0.1, 0.15) is 5.75 Å². The number of hydrogen-bond acceptors (Lipinski definition) is 5. The van der Waals surface area contributed by atoms with E-state index in [0.717, 1.165) is 33.7 Å². The fourth-order valence-electron chi connectivity index (χ4n) is 4.10. The summed E-state index contributed by atoms with van der Waals surface area (Å²) in [5.74, 6) is 2.03. The molecule has 0 radical (unpaired) electrons. The first-order valence-corrected chi connectivity index (χ1v) is 10.4. The number of ether oxygens (including phenoxy) is 1. The van der Waals surface area contributed by atoms with Gasteiger partial charge in [-0.15, -0.1) is 0 Å². The Balaban J connectivity index is 1.50. The summed E-state index contributed by atoms with van der Waals surface area (Å²) >= 11 is 0. The molecule has 2 aromatic heterocycles. The Morgan fingerprint density at radius 3 is 2.56 bits per heavy atom. The monoisotopic (exact) mass is 425 g/mol. The van der Waals surface area contributed by atoms with Crippen LogP contribution < -0.4 is 9.64 Å². The minimum atomic E-state index is -0.595. The van der Waals surface area contributed by atoms with Gasteiger partial charge in [0, 0.05) is 23.6 Å². The standard InChI is InChI=1S/C26H23N3O3/c1-26(2)21-11-8-18(23-15-28-24(32-23)19-5-4-12-27-14-19)13-22(21)29(25(26)30)16-17-6-9-20(31-3)10-7-17/h4-15H,16H2,1-3H3. The Morgan fingerprint density at radius 2 is 1.84 bits per heavy atom. The molecule has 6 nitrogen and oxygen atoms in total. The second kappa shape index (κ2) is 7.64. The van der Waals surface area contributed by atoms with Crippen molar-refractivity contribution in [2.75, 3.05) is 12.0 Å². The first kappa shape index (κ1) is 20.0. The van der Waals surface area contributed by atoms with Gasteiger partial charge in [0.2, 0.25) is 11.8 Å². The van der Waals surface area contributed by atoms with Crippen LogP contribution >= 0.6 is 0 Å². The van der Waals surface area contributed by atoms with Crippen molar-refractivity contribution in [3.05, 3.63) is 84.3 Å². The zero-order chi connectivity index (χ0) is 22.3. The van der Waals surface area contributed by atoms with E-state index in [0.29, 0.717) is 18.2 Å². The highest BCUT2D eigenvalue weighted by atomic mass is 16.5. The largest absolute Gasteiger partial charge is 0.497 e. The summed E-state index contributed by atoms with van der Waals surface area (Å²) in [6.45, 7) is 4.42. The number of nitrogens with zero attached hydrogens (tertiary/aromatic N) is 3. The fourth-order valence-corrected chi connectivity index (χ4v) is 4.10. The van der Waals surface area contributed by atoms with Gasteiger partial charge in [-0.05, 0) is 55.3 Å². The molecule has 160 valence electrons. The number of fused-ring (bicyclic) bond motifs is 1. The molecular formula is C26H23N3O3. The van der Waals surface area contributed by atoms with Crippen LogP contribution in [0, 0.1) is 0 Å². The van der Waals surface area contributed by atoms with Crippen LogP contribution in [0.5, 0.6) is 5.75 Å². The Bertz CT molecular complexity index is 1280. The summed E-state index contributed by atoms with van der Waals surface area (Å²) in [7, 11) is 1.64. The third kappa shape index (κ3) is 3.34. The molecule has 1 amide bonds. The van der Waals surface area contributed by atoms with E-state index in [2.05, 4.69) is 9.97 Å². The zero-order valence-electron chi connectivity index (χ0n) is 18.2. The van der Waals surface area contributed by atoms with Crippen molar-refractivity contribution in [3.63, 3.8) is 0 Å². The lowest BCUT2D eigenvalue weighted by Crippen LogP contribution is -2.35. The molecule has 0 saturated heterocycles. The molecule has 0 N–H and O–H groups in total. The maximum Gasteiger partial charge on any atom is 0.237 e.